The van der Waals surface area contributed by atoms with E-state index in [1.165, 1.54) is 17.6 Å². The number of unbranched alkanes of at least 4 members (excludes halogenated alkanes) is 3. The van der Waals surface area contributed by atoms with Crippen LogP contribution in [0.2, 0.25) is 0 Å². The van der Waals surface area contributed by atoms with E-state index in [-0.39, 0.29) is 18.6 Å². The average molecular weight is 410 g/mol. The number of carbonyl (C=O) groups is 1. The van der Waals surface area contributed by atoms with Gasteiger partial charge in [-0.15, -0.1) is 0 Å². The van der Waals surface area contributed by atoms with Gasteiger partial charge in [0.1, 0.15) is 0 Å². The summed E-state index contributed by atoms with van der Waals surface area (Å²) in [6, 6.07) is 8.16. The molecule has 1 aromatic carbocycles. The van der Waals surface area contributed by atoms with Gasteiger partial charge in [-0.3, -0.25) is 4.79 Å². The van der Waals surface area contributed by atoms with E-state index in [1.54, 1.807) is 0 Å². The molecule has 0 amide bonds. The van der Waals surface area contributed by atoms with Gasteiger partial charge in [-0.05, 0) is 52.7 Å². The fourth-order valence-electron chi connectivity index (χ4n) is 1.49. The first-order chi connectivity index (χ1) is 12.6. The lowest BCUT2D eigenvalue weighted by atomic mass is 10.1. The van der Waals surface area contributed by atoms with Gasteiger partial charge in [-0.2, -0.15) is 8.78 Å². The van der Waals surface area contributed by atoms with Gasteiger partial charge in [0.05, 0.1) is 13.2 Å². The van der Waals surface area contributed by atoms with Gasteiger partial charge in [0.25, 0.3) is 6.47 Å². The third kappa shape index (κ3) is 29.8. The Morgan fingerprint density at radius 3 is 2.00 bits per heavy atom. The van der Waals surface area contributed by atoms with Crippen LogP contribution in [0.5, 0.6) is 0 Å². The minimum Gasteiger partial charge on any atom is -0.483 e. The molecule has 1 rings (SSSR count). The number of nitrogens with two attached hydrogens (primary N) is 1. The van der Waals surface area contributed by atoms with E-state index in [1.807, 2.05) is 39.8 Å². The first-order valence-corrected chi connectivity index (χ1v) is 9.47. The summed E-state index contributed by atoms with van der Waals surface area (Å²) in [6.07, 6.45) is 3.48. The van der Waals surface area contributed by atoms with Crippen LogP contribution in [0.4, 0.5) is 8.78 Å². The van der Waals surface area contributed by atoms with E-state index in [4.69, 9.17) is 19.8 Å². The summed E-state index contributed by atoms with van der Waals surface area (Å²) >= 11 is 1.38. The summed E-state index contributed by atoms with van der Waals surface area (Å²) in [4.78, 5) is 9.45. The summed E-state index contributed by atoms with van der Waals surface area (Å²) in [5.74, 6) is 0. The maximum absolute atomic E-state index is 11.7. The van der Waals surface area contributed by atoms with Gasteiger partial charge < -0.3 is 19.8 Å². The Hall–Kier alpha value is -1.22. The molecule has 3 N–H and O–H groups in total. The van der Waals surface area contributed by atoms with Crippen LogP contribution in [0.1, 0.15) is 52.0 Å². The van der Waals surface area contributed by atoms with Gasteiger partial charge in [0.15, 0.2) is 0 Å². The highest BCUT2D eigenvalue weighted by Crippen LogP contribution is 2.19. The third-order valence-electron chi connectivity index (χ3n) is 2.54. The summed E-state index contributed by atoms with van der Waals surface area (Å²) in [7, 11) is 0. The van der Waals surface area contributed by atoms with Gasteiger partial charge in [0, 0.05) is 22.5 Å². The molecular weight excluding hydrogens is 376 g/mol. The lowest BCUT2D eigenvalue weighted by Crippen LogP contribution is -2.26. The first kappa shape index (κ1) is 28.0. The molecular formula is C19H33F2NO4S. The van der Waals surface area contributed by atoms with E-state index in [0.29, 0.717) is 13.0 Å². The Morgan fingerprint density at radius 2 is 1.56 bits per heavy atom. The molecule has 0 aliphatic rings. The molecule has 0 bridgehead atoms. The van der Waals surface area contributed by atoms with Crippen molar-refractivity contribution in [3.63, 3.8) is 0 Å². The predicted molar refractivity (Wildman–Crippen MR) is 106 cm³/mol. The van der Waals surface area contributed by atoms with E-state index < -0.39 is 6.61 Å². The van der Waals surface area contributed by atoms with Crippen molar-refractivity contribution in [3.05, 3.63) is 29.8 Å². The molecule has 0 aliphatic carbocycles. The second kappa shape index (κ2) is 18.2. The molecule has 8 heteroatoms. The lowest BCUT2D eigenvalue weighted by molar-refractivity contribution is -0.129. The van der Waals surface area contributed by atoms with E-state index in [9.17, 15) is 8.78 Å². The van der Waals surface area contributed by atoms with Crippen LogP contribution in [-0.4, -0.2) is 36.9 Å². The molecule has 0 saturated heterocycles. The van der Waals surface area contributed by atoms with Crippen LogP contribution < -0.4 is 5.73 Å². The number of hydrogen-bond donors (Lipinski definition) is 2. The Morgan fingerprint density at radius 1 is 1.11 bits per heavy atom. The fourth-order valence-corrected chi connectivity index (χ4v) is 2.08. The van der Waals surface area contributed by atoms with Gasteiger partial charge in [0.2, 0.25) is 0 Å². The topological polar surface area (TPSA) is 81.8 Å². The van der Waals surface area contributed by atoms with Crippen molar-refractivity contribution in [2.24, 2.45) is 5.73 Å². The van der Waals surface area contributed by atoms with Crippen LogP contribution in [-0.2, 0) is 13.7 Å². The molecule has 0 spiro atoms. The smallest absolute Gasteiger partial charge is 0.345 e. The molecule has 5 nitrogen and oxygen atoms in total. The maximum atomic E-state index is 11.7. The zero-order valence-electron chi connectivity index (χ0n) is 16.6. The number of carboxylic acid groups (broad SMARTS) is 1. The quantitative estimate of drug-likeness (QED) is 0.311. The summed E-state index contributed by atoms with van der Waals surface area (Å²) in [5.41, 5.74) is 6.59. The number of halogens is 2. The van der Waals surface area contributed by atoms with Crippen molar-refractivity contribution >= 4 is 18.5 Å². The summed E-state index contributed by atoms with van der Waals surface area (Å²) in [5, 5.41) is 6.89. The highest BCUT2D eigenvalue weighted by Gasteiger charge is 2.00. The number of alkyl halides is 2. The van der Waals surface area contributed by atoms with Crippen LogP contribution in [0, 0.1) is 6.92 Å². The van der Waals surface area contributed by atoms with Gasteiger partial charge in [-0.1, -0.05) is 30.5 Å². The van der Waals surface area contributed by atoms with Crippen LogP contribution in [0.15, 0.2) is 29.2 Å². The molecule has 0 aliphatic heterocycles. The Bertz CT molecular complexity index is 448. The molecule has 0 fully saturated rings. The number of rotatable bonds is 10. The largest absolute Gasteiger partial charge is 0.483 e. The molecule has 0 saturated carbocycles. The van der Waals surface area contributed by atoms with Gasteiger partial charge >= 0.3 is 6.61 Å². The molecule has 0 aromatic heterocycles. The zero-order chi connectivity index (χ0) is 21.1. The van der Waals surface area contributed by atoms with Crippen molar-refractivity contribution in [3.8, 4) is 0 Å². The van der Waals surface area contributed by atoms with E-state index in [0.717, 1.165) is 24.2 Å². The standard InChI is InChI=1S/C14H20F2O2S.C4H11N.CH2O2/c1-12-6-8-13(9-7-12)19-18-11-5-3-2-4-10-17-14(15)16;1-4(2,3)5;2-1-3/h6-9,14H,2-5,10-11H2,1H3;5H2,1-3H3;1H,(H,2,3). The van der Waals surface area contributed by atoms with Crippen molar-refractivity contribution in [2.75, 3.05) is 13.2 Å². The van der Waals surface area contributed by atoms with Crippen molar-refractivity contribution < 1.29 is 27.6 Å². The van der Waals surface area contributed by atoms with Crippen LogP contribution in [0.25, 0.3) is 0 Å². The Kier molecular flexibility index (Phi) is 18.8. The first-order valence-electron chi connectivity index (χ1n) is 8.72. The normalized spacial score (nSPS) is 10.5. The summed E-state index contributed by atoms with van der Waals surface area (Å²) < 4.78 is 32.9. The highest BCUT2D eigenvalue weighted by atomic mass is 32.2. The molecule has 158 valence electrons. The zero-order valence-corrected chi connectivity index (χ0v) is 17.4. The second-order valence-corrected chi connectivity index (χ2v) is 7.61. The van der Waals surface area contributed by atoms with Crippen LogP contribution in [0.3, 0.4) is 0 Å². The number of hydrogen-bond acceptors (Lipinski definition) is 5. The predicted octanol–water partition coefficient (Wildman–Crippen LogP) is 5.26. The SMILES string of the molecule is CC(C)(C)N.Cc1ccc(SOCCCCCCOC(F)F)cc1.O=CO. The number of ether oxygens (including phenoxy) is 1. The van der Waals surface area contributed by atoms with Crippen molar-refractivity contribution in [1.29, 1.82) is 0 Å². The molecule has 0 unspecified atom stereocenters. The fraction of sp³-hybridized carbons (Fsp3) is 0.632. The minimum atomic E-state index is -2.64. The molecule has 1 aromatic rings. The molecule has 0 heterocycles. The molecule has 0 atom stereocenters. The highest BCUT2D eigenvalue weighted by molar-refractivity contribution is 7.94. The maximum Gasteiger partial charge on any atom is 0.345 e. The van der Waals surface area contributed by atoms with Crippen LogP contribution >= 0.6 is 12.0 Å². The minimum absolute atomic E-state index is 0. The number of aryl methyl sites for hydroxylation is 1. The molecule has 27 heavy (non-hydrogen) atoms. The average Bonchev–Trinajstić information content (AvgIpc) is 2.54. The summed E-state index contributed by atoms with van der Waals surface area (Å²) in [6.45, 7) is 5.86. The second-order valence-electron chi connectivity index (χ2n) is 6.74. The molecule has 0 radical (unpaired) electrons. The number of benzene rings is 1. The van der Waals surface area contributed by atoms with Crippen molar-refractivity contribution in [2.45, 2.75) is 70.4 Å². The van der Waals surface area contributed by atoms with E-state index in [2.05, 4.69) is 16.9 Å². The Balaban J connectivity index is 0. The third-order valence-corrected chi connectivity index (χ3v) is 3.29. The van der Waals surface area contributed by atoms with Gasteiger partial charge in [-0.25, -0.2) is 0 Å². The Labute approximate surface area is 165 Å². The lowest BCUT2D eigenvalue weighted by Gasteiger charge is -2.06. The van der Waals surface area contributed by atoms with Crippen molar-refractivity contribution in [1.82, 2.24) is 0 Å². The monoisotopic (exact) mass is 409 g/mol. The van der Waals surface area contributed by atoms with E-state index >= 15 is 0 Å².